The normalized spacial score (nSPS) is 11.3. The number of nitrogen functional groups attached to an aromatic ring is 1. The summed E-state index contributed by atoms with van der Waals surface area (Å²) in [6.07, 6.45) is 3.49. The Kier molecular flexibility index (Phi) is 4.68. The third kappa shape index (κ3) is 4.08. The summed E-state index contributed by atoms with van der Waals surface area (Å²) in [5.41, 5.74) is 10.1. The molecule has 4 heteroatoms. The Balaban J connectivity index is 1.75. The van der Waals surface area contributed by atoms with Crippen LogP contribution < -0.4 is 5.73 Å². The van der Waals surface area contributed by atoms with E-state index in [1.807, 2.05) is 48.5 Å². The molecule has 3 rings (SSSR count). The van der Waals surface area contributed by atoms with Crippen LogP contribution >= 0.6 is 0 Å². The number of para-hydroxylation sites is 1. The molecule has 0 amide bonds. The van der Waals surface area contributed by atoms with Crippen molar-refractivity contribution in [1.29, 1.82) is 0 Å². The van der Waals surface area contributed by atoms with Gasteiger partial charge >= 0.3 is 0 Å². The van der Waals surface area contributed by atoms with E-state index < -0.39 is 0 Å². The first-order valence-electron chi connectivity index (χ1n) is 7.52. The van der Waals surface area contributed by atoms with Gasteiger partial charge in [-0.3, -0.25) is 9.98 Å². The Morgan fingerprint density at radius 3 is 2.12 bits per heavy atom. The van der Waals surface area contributed by atoms with Gasteiger partial charge in [-0.2, -0.15) is 0 Å². The van der Waals surface area contributed by atoms with Crippen LogP contribution in [0.3, 0.4) is 0 Å². The highest BCUT2D eigenvalue weighted by atomic mass is 16.3. The molecule has 0 bridgehead atoms. The lowest BCUT2D eigenvalue weighted by atomic mass is 10.1. The largest absolute Gasteiger partial charge is 0.508 e. The number of phenolic OH excluding ortho intramolecular Hbond substituents is 1. The lowest BCUT2D eigenvalue weighted by Crippen LogP contribution is -1.95. The number of aliphatic imine (C=N–C) groups is 2. The predicted octanol–water partition coefficient (Wildman–Crippen LogP) is 4.48. The molecule has 0 aliphatic heterocycles. The number of nitrogens with two attached hydrogens (primary N) is 1. The Morgan fingerprint density at radius 2 is 1.42 bits per heavy atom. The molecule has 0 heterocycles. The molecule has 0 aliphatic carbocycles. The molecule has 0 saturated heterocycles. The van der Waals surface area contributed by atoms with E-state index in [2.05, 4.69) is 9.98 Å². The van der Waals surface area contributed by atoms with Crippen LogP contribution in [0.25, 0.3) is 0 Å². The van der Waals surface area contributed by atoms with Crippen molar-refractivity contribution < 1.29 is 5.11 Å². The summed E-state index contributed by atoms with van der Waals surface area (Å²) in [6, 6.07) is 22.1. The van der Waals surface area contributed by atoms with Gasteiger partial charge in [-0.1, -0.05) is 30.3 Å². The maximum Gasteiger partial charge on any atom is 0.115 e. The van der Waals surface area contributed by atoms with E-state index in [9.17, 15) is 5.11 Å². The number of nitrogens with zero attached hydrogens (tertiary/aromatic N) is 2. The molecular weight excluding hydrogens is 298 g/mol. The average Bonchev–Trinajstić information content (AvgIpc) is 2.61. The third-order valence-electron chi connectivity index (χ3n) is 3.43. The van der Waals surface area contributed by atoms with Gasteiger partial charge in [0.25, 0.3) is 0 Å². The Hall–Kier alpha value is -3.40. The quantitative estimate of drug-likeness (QED) is 0.550. The highest BCUT2D eigenvalue weighted by Gasteiger charge is 1.98. The molecule has 3 aromatic carbocycles. The maximum absolute atomic E-state index is 9.26. The second kappa shape index (κ2) is 7.24. The lowest BCUT2D eigenvalue weighted by molar-refractivity contribution is 0.475. The second-order valence-corrected chi connectivity index (χ2v) is 5.26. The Bertz CT molecular complexity index is 869. The van der Waals surface area contributed by atoms with E-state index in [1.165, 1.54) is 0 Å². The summed E-state index contributed by atoms with van der Waals surface area (Å²) in [5.74, 6) is 0.222. The van der Waals surface area contributed by atoms with Crippen LogP contribution in [0, 0.1) is 0 Å². The second-order valence-electron chi connectivity index (χ2n) is 5.26. The van der Waals surface area contributed by atoms with E-state index in [0.717, 1.165) is 22.5 Å². The summed E-state index contributed by atoms with van der Waals surface area (Å²) >= 11 is 0. The van der Waals surface area contributed by atoms with Crippen LogP contribution in [0.2, 0.25) is 0 Å². The van der Waals surface area contributed by atoms with Crippen molar-refractivity contribution in [2.24, 2.45) is 9.98 Å². The van der Waals surface area contributed by atoms with Crippen molar-refractivity contribution in [1.82, 2.24) is 0 Å². The number of hydrogen-bond acceptors (Lipinski definition) is 4. The van der Waals surface area contributed by atoms with Gasteiger partial charge in [0.1, 0.15) is 5.75 Å². The topological polar surface area (TPSA) is 71.0 Å². The van der Waals surface area contributed by atoms with Crippen molar-refractivity contribution in [2.45, 2.75) is 0 Å². The van der Waals surface area contributed by atoms with Gasteiger partial charge in [0.2, 0.25) is 0 Å². The highest BCUT2D eigenvalue weighted by Crippen LogP contribution is 2.18. The molecule has 0 aromatic heterocycles. The van der Waals surface area contributed by atoms with Gasteiger partial charge in [-0.05, 0) is 48.0 Å². The van der Waals surface area contributed by atoms with E-state index in [0.29, 0.717) is 5.69 Å². The molecule has 118 valence electrons. The minimum absolute atomic E-state index is 0.222. The van der Waals surface area contributed by atoms with Crippen LogP contribution in [-0.4, -0.2) is 17.5 Å². The Labute approximate surface area is 140 Å². The molecule has 0 unspecified atom stereocenters. The molecule has 24 heavy (non-hydrogen) atoms. The molecule has 4 nitrogen and oxygen atoms in total. The van der Waals surface area contributed by atoms with Gasteiger partial charge in [0.15, 0.2) is 0 Å². The van der Waals surface area contributed by atoms with Gasteiger partial charge in [-0.25, -0.2) is 0 Å². The van der Waals surface area contributed by atoms with Gasteiger partial charge < -0.3 is 10.8 Å². The van der Waals surface area contributed by atoms with Crippen molar-refractivity contribution in [3.63, 3.8) is 0 Å². The van der Waals surface area contributed by atoms with E-state index in [1.54, 1.807) is 36.7 Å². The fraction of sp³-hybridized carbons (Fsp3) is 0. The summed E-state index contributed by atoms with van der Waals surface area (Å²) in [6.45, 7) is 0. The number of benzene rings is 3. The van der Waals surface area contributed by atoms with Gasteiger partial charge in [0, 0.05) is 23.7 Å². The molecule has 3 N–H and O–H groups in total. The first-order chi connectivity index (χ1) is 11.7. The van der Waals surface area contributed by atoms with E-state index in [-0.39, 0.29) is 5.75 Å². The average molecular weight is 315 g/mol. The maximum atomic E-state index is 9.26. The number of phenols is 1. The molecular formula is C20H17N3O. The zero-order chi connectivity index (χ0) is 16.8. The standard InChI is InChI=1S/C20H17N3O/c21-20-12-15(13-22-18-8-10-19(24)11-9-18)6-7-16(20)14-23-17-4-2-1-3-5-17/h1-14,24H,21H2/b22-13+,23-14+. The third-order valence-corrected chi connectivity index (χ3v) is 3.43. The zero-order valence-electron chi connectivity index (χ0n) is 13.0. The SMILES string of the molecule is Nc1cc(/C=N/c2ccc(O)cc2)ccc1/C=N/c1ccccc1. The number of aromatic hydroxyl groups is 1. The van der Waals surface area contributed by atoms with Crippen LogP contribution in [0.5, 0.6) is 5.75 Å². The fourth-order valence-electron chi connectivity index (χ4n) is 2.14. The smallest absolute Gasteiger partial charge is 0.115 e. The first kappa shape index (κ1) is 15.5. The Morgan fingerprint density at radius 1 is 0.750 bits per heavy atom. The number of hydrogen-bond donors (Lipinski definition) is 2. The van der Waals surface area contributed by atoms with Crippen molar-refractivity contribution >= 4 is 29.5 Å². The summed E-state index contributed by atoms with van der Waals surface area (Å²) in [7, 11) is 0. The van der Waals surface area contributed by atoms with E-state index >= 15 is 0 Å². The minimum Gasteiger partial charge on any atom is -0.508 e. The van der Waals surface area contributed by atoms with Crippen LogP contribution in [0.15, 0.2) is 82.8 Å². The summed E-state index contributed by atoms with van der Waals surface area (Å²) < 4.78 is 0. The number of anilines is 1. The van der Waals surface area contributed by atoms with Gasteiger partial charge in [-0.15, -0.1) is 0 Å². The van der Waals surface area contributed by atoms with Crippen LogP contribution in [0.4, 0.5) is 17.1 Å². The molecule has 0 spiro atoms. The monoisotopic (exact) mass is 315 g/mol. The van der Waals surface area contributed by atoms with Crippen molar-refractivity contribution in [3.05, 3.63) is 83.9 Å². The molecule has 0 atom stereocenters. The molecule has 0 aliphatic rings. The molecule has 0 fully saturated rings. The highest BCUT2D eigenvalue weighted by molar-refractivity contribution is 5.92. The molecule has 0 saturated carbocycles. The van der Waals surface area contributed by atoms with E-state index in [4.69, 9.17) is 5.73 Å². The van der Waals surface area contributed by atoms with Crippen LogP contribution in [0.1, 0.15) is 11.1 Å². The fourth-order valence-corrected chi connectivity index (χ4v) is 2.14. The predicted molar refractivity (Wildman–Crippen MR) is 99.9 cm³/mol. The first-order valence-corrected chi connectivity index (χ1v) is 7.52. The molecule has 3 aromatic rings. The van der Waals surface area contributed by atoms with Crippen molar-refractivity contribution in [3.8, 4) is 5.75 Å². The van der Waals surface area contributed by atoms with Crippen molar-refractivity contribution in [2.75, 3.05) is 5.73 Å². The summed E-state index contributed by atoms with van der Waals surface area (Å²) in [4.78, 5) is 8.76. The minimum atomic E-state index is 0.222. The van der Waals surface area contributed by atoms with Gasteiger partial charge in [0.05, 0.1) is 11.4 Å². The lowest BCUT2D eigenvalue weighted by Gasteiger charge is -2.02. The zero-order valence-corrected chi connectivity index (χ0v) is 13.0. The molecule has 0 radical (unpaired) electrons. The van der Waals surface area contributed by atoms with Crippen LogP contribution in [-0.2, 0) is 0 Å². The summed E-state index contributed by atoms with van der Waals surface area (Å²) in [5, 5.41) is 9.26. The number of rotatable bonds is 4.